The van der Waals surface area contributed by atoms with E-state index in [1.807, 2.05) is 24.3 Å². The van der Waals surface area contributed by atoms with E-state index in [-0.39, 0.29) is 23.6 Å². The highest BCUT2D eigenvalue weighted by Crippen LogP contribution is 2.41. The molecule has 0 heterocycles. The van der Waals surface area contributed by atoms with Crippen LogP contribution in [-0.4, -0.2) is 18.9 Å². The van der Waals surface area contributed by atoms with Crippen LogP contribution >= 0.6 is 0 Å². The van der Waals surface area contributed by atoms with Crippen LogP contribution in [0.15, 0.2) is 24.3 Å². The summed E-state index contributed by atoms with van der Waals surface area (Å²) in [7, 11) is 1.36. The fourth-order valence-corrected chi connectivity index (χ4v) is 2.14. The summed E-state index contributed by atoms with van der Waals surface area (Å²) in [5, 5.41) is 0. The van der Waals surface area contributed by atoms with Crippen molar-refractivity contribution in [3.05, 3.63) is 35.4 Å². The summed E-state index contributed by atoms with van der Waals surface area (Å²) in [4.78, 5) is 23.4. The molecule has 2 atom stereocenters. The van der Waals surface area contributed by atoms with E-state index in [1.54, 1.807) is 0 Å². The number of Topliss-reactive ketones (excluding diaryl/α,β-unsaturated/α-hetero) is 1. The van der Waals surface area contributed by atoms with Gasteiger partial charge in [0.2, 0.25) is 0 Å². The number of methoxy groups -OCH3 is 1. The molecule has 1 aliphatic rings. The quantitative estimate of drug-likeness (QED) is 0.606. The Morgan fingerprint density at radius 2 is 1.78 bits per heavy atom. The molecule has 1 saturated carbocycles. The van der Waals surface area contributed by atoms with E-state index < -0.39 is 0 Å². The highest BCUT2D eigenvalue weighted by atomic mass is 16.5. The van der Waals surface area contributed by atoms with E-state index in [4.69, 9.17) is 0 Å². The van der Waals surface area contributed by atoms with Crippen LogP contribution in [0, 0.1) is 11.8 Å². The average Bonchev–Trinajstić information content (AvgIpc) is 3.17. The number of hydrogen-bond acceptors (Lipinski definition) is 3. The number of rotatable bonds is 4. The molecule has 18 heavy (non-hydrogen) atoms. The maximum atomic E-state index is 12.1. The summed E-state index contributed by atoms with van der Waals surface area (Å²) in [5.74, 6) is -0.166. The molecule has 2 rings (SSSR count). The number of benzene rings is 1. The molecule has 0 spiro atoms. The smallest absolute Gasteiger partial charge is 0.309 e. The monoisotopic (exact) mass is 246 g/mol. The van der Waals surface area contributed by atoms with Crippen molar-refractivity contribution in [2.45, 2.75) is 26.2 Å². The standard InChI is InChI=1S/C15H18O3/c1-9(2)10-4-6-11(7-5-10)14(16)12-8-13(12)15(17)18-3/h4-7,9,12-13H,8H2,1-3H3. The molecule has 0 saturated heterocycles. The van der Waals surface area contributed by atoms with Crippen LogP contribution in [0.25, 0.3) is 0 Å². The lowest BCUT2D eigenvalue weighted by molar-refractivity contribution is -0.142. The molecule has 3 heteroatoms. The predicted octanol–water partition coefficient (Wildman–Crippen LogP) is 2.80. The summed E-state index contributed by atoms with van der Waals surface area (Å²) >= 11 is 0. The van der Waals surface area contributed by atoms with Gasteiger partial charge in [-0.3, -0.25) is 9.59 Å². The molecule has 0 aliphatic heterocycles. The summed E-state index contributed by atoms with van der Waals surface area (Å²) in [5.41, 5.74) is 1.91. The van der Waals surface area contributed by atoms with Crippen molar-refractivity contribution >= 4 is 11.8 Å². The second-order valence-electron chi connectivity index (χ2n) is 5.11. The summed E-state index contributed by atoms with van der Waals surface area (Å²) < 4.78 is 4.65. The lowest BCUT2D eigenvalue weighted by Gasteiger charge is -2.06. The average molecular weight is 246 g/mol. The molecule has 0 bridgehead atoms. The Morgan fingerprint density at radius 3 is 2.28 bits per heavy atom. The molecule has 1 aromatic rings. The number of hydrogen-bond donors (Lipinski definition) is 0. The first-order chi connectivity index (χ1) is 8.54. The van der Waals surface area contributed by atoms with Gasteiger partial charge in [0.25, 0.3) is 0 Å². The lowest BCUT2D eigenvalue weighted by Crippen LogP contribution is -2.10. The minimum absolute atomic E-state index is 0.0562. The van der Waals surface area contributed by atoms with Crippen molar-refractivity contribution in [1.29, 1.82) is 0 Å². The van der Waals surface area contributed by atoms with Gasteiger partial charge in [0, 0.05) is 11.5 Å². The van der Waals surface area contributed by atoms with Crippen molar-refractivity contribution in [2.24, 2.45) is 11.8 Å². The van der Waals surface area contributed by atoms with Gasteiger partial charge < -0.3 is 4.74 Å². The van der Waals surface area contributed by atoms with E-state index in [9.17, 15) is 9.59 Å². The van der Waals surface area contributed by atoms with Crippen molar-refractivity contribution in [2.75, 3.05) is 7.11 Å². The molecule has 2 unspecified atom stereocenters. The Kier molecular flexibility index (Phi) is 3.50. The van der Waals surface area contributed by atoms with Gasteiger partial charge in [-0.05, 0) is 17.9 Å². The Bertz CT molecular complexity index is 459. The molecule has 1 aromatic carbocycles. The van der Waals surface area contributed by atoms with Gasteiger partial charge in [0.1, 0.15) is 0 Å². The fourth-order valence-electron chi connectivity index (χ4n) is 2.14. The molecule has 0 aromatic heterocycles. The first kappa shape index (κ1) is 12.8. The zero-order valence-corrected chi connectivity index (χ0v) is 11.0. The Hall–Kier alpha value is -1.64. The molecule has 96 valence electrons. The van der Waals surface area contributed by atoms with Gasteiger partial charge in [0.05, 0.1) is 13.0 Å². The number of ether oxygens (including phenoxy) is 1. The Balaban J connectivity index is 2.05. The summed E-state index contributed by atoms with van der Waals surface area (Å²) in [6, 6.07) is 7.66. The van der Waals surface area contributed by atoms with Crippen molar-refractivity contribution in [3.63, 3.8) is 0 Å². The van der Waals surface area contributed by atoms with Crippen molar-refractivity contribution < 1.29 is 14.3 Å². The number of ketones is 1. The first-order valence-corrected chi connectivity index (χ1v) is 6.26. The predicted molar refractivity (Wildman–Crippen MR) is 68.5 cm³/mol. The van der Waals surface area contributed by atoms with Crippen molar-refractivity contribution in [3.8, 4) is 0 Å². The van der Waals surface area contributed by atoms with Crippen LogP contribution in [0.5, 0.6) is 0 Å². The third kappa shape index (κ3) is 2.45. The zero-order chi connectivity index (χ0) is 13.3. The van der Waals surface area contributed by atoms with Crippen LogP contribution in [-0.2, 0) is 9.53 Å². The highest BCUT2D eigenvalue weighted by molar-refractivity contribution is 6.02. The Morgan fingerprint density at radius 1 is 1.17 bits per heavy atom. The Labute approximate surface area is 107 Å². The maximum absolute atomic E-state index is 12.1. The van der Waals surface area contributed by atoms with E-state index in [1.165, 1.54) is 12.7 Å². The molecular weight excluding hydrogens is 228 g/mol. The number of carbonyl (C=O) groups excluding carboxylic acids is 2. The minimum atomic E-state index is -0.271. The molecule has 0 N–H and O–H groups in total. The van der Waals surface area contributed by atoms with Crippen LogP contribution in [0.2, 0.25) is 0 Å². The number of carbonyl (C=O) groups is 2. The topological polar surface area (TPSA) is 43.4 Å². The van der Waals surface area contributed by atoms with E-state index in [0.717, 1.165) is 0 Å². The molecule has 1 fully saturated rings. The first-order valence-electron chi connectivity index (χ1n) is 6.26. The van der Waals surface area contributed by atoms with Crippen LogP contribution in [0.3, 0.4) is 0 Å². The fraction of sp³-hybridized carbons (Fsp3) is 0.467. The minimum Gasteiger partial charge on any atom is -0.469 e. The second kappa shape index (κ2) is 4.92. The van der Waals surface area contributed by atoms with Gasteiger partial charge >= 0.3 is 5.97 Å². The van der Waals surface area contributed by atoms with Crippen LogP contribution < -0.4 is 0 Å². The van der Waals surface area contributed by atoms with Gasteiger partial charge in [-0.25, -0.2) is 0 Å². The van der Waals surface area contributed by atoms with Crippen LogP contribution in [0.4, 0.5) is 0 Å². The normalized spacial score (nSPS) is 21.8. The summed E-state index contributed by atoms with van der Waals surface area (Å²) in [6.07, 6.45) is 0.622. The van der Waals surface area contributed by atoms with E-state index in [2.05, 4.69) is 18.6 Å². The highest BCUT2D eigenvalue weighted by Gasteiger charge is 2.48. The van der Waals surface area contributed by atoms with Gasteiger partial charge in [-0.1, -0.05) is 38.1 Å². The van der Waals surface area contributed by atoms with Crippen molar-refractivity contribution in [1.82, 2.24) is 0 Å². The number of esters is 1. The van der Waals surface area contributed by atoms with Gasteiger partial charge in [0.15, 0.2) is 5.78 Å². The molecule has 1 aliphatic carbocycles. The van der Waals surface area contributed by atoms with E-state index in [0.29, 0.717) is 17.9 Å². The summed E-state index contributed by atoms with van der Waals surface area (Å²) in [6.45, 7) is 4.23. The SMILES string of the molecule is COC(=O)C1CC1C(=O)c1ccc(C(C)C)cc1. The lowest BCUT2D eigenvalue weighted by atomic mass is 9.99. The second-order valence-corrected chi connectivity index (χ2v) is 5.11. The van der Waals surface area contributed by atoms with Crippen LogP contribution in [0.1, 0.15) is 42.1 Å². The van der Waals surface area contributed by atoms with E-state index >= 15 is 0 Å². The zero-order valence-electron chi connectivity index (χ0n) is 11.0. The third-order valence-electron chi connectivity index (χ3n) is 3.49. The third-order valence-corrected chi connectivity index (χ3v) is 3.49. The molecular formula is C15H18O3. The van der Waals surface area contributed by atoms with Gasteiger partial charge in [-0.2, -0.15) is 0 Å². The molecule has 3 nitrogen and oxygen atoms in total. The maximum Gasteiger partial charge on any atom is 0.309 e. The molecule has 0 radical (unpaired) electrons. The largest absolute Gasteiger partial charge is 0.469 e. The van der Waals surface area contributed by atoms with Gasteiger partial charge in [-0.15, -0.1) is 0 Å². The molecule has 0 amide bonds.